The smallest absolute Gasteiger partial charge is 0.410 e. The first-order valence-corrected chi connectivity index (χ1v) is 9.81. The molecule has 2 unspecified atom stereocenters. The van der Waals surface area contributed by atoms with Crippen LogP contribution in [0.1, 0.15) is 40.2 Å². The van der Waals surface area contributed by atoms with Crippen molar-refractivity contribution in [3.05, 3.63) is 23.9 Å². The van der Waals surface area contributed by atoms with E-state index in [0.717, 1.165) is 5.56 Å². The summed E-state index contributed by atoms with van der Waals surface area (Å²) in [7, 11) is 0. The number of fused-ring (bicyclic) bond motifs is 1. The van der Waals surface area contributed by atoms with E-state index in [-0.39, 0.29) is 29.8 Å². The van der Waals surface area contributed by atoms with Gasteiger partial charge in [-0.2, -0.15) is 0 Å². The molecule has 0 aromatic carbocycles. The van der Waals surface area contributed by atoms with Crippen LogP contribution >= 0.6 is 0 Å². The number of pyridine rings is 1. The highest BCUT2D eigenvalue weighted by Crippen LogP contribution is 2.52. The number of aromatic nitrogens is 1. The molecule has 1 aromatic rings. The Morgan fingerprint density at radius 1 is 1.21 bits per heavy atom. The number of hydrogen-bond donors (Lipinski definition) is 1. The Morgan fingerprint density at radius 2 is 1.86 bits per heavy atom. The number of rotatable bonds is 5. The second-order valence-electron chi connectivity index (χ2n) is 9.53. The number of carbonyl (C=O) groups is 2. The number of hydrogen-bond acceptors (Lipinski definition) is 5. The zero-order chi connectivity index (χ0) is 20.7. The number of amides is 2. The third-order valence-electron chi connectivity index (χ3n) is 5.14. The largest absolute Gasteiger partial charge is 0.475 e. The molecule has 1 aliphatic carbocycles. The van der Waals surface area contributed by atoms with Gasteiger partial charge in [-0.15, -0.1) is 0 Å². The molecule has 7 nitrogen and oxygen atoms in total. The Bertz CT molecular complexity index is 744. The van der Waals surface area contributed by atoms with Gasteiger partial charge in [-0.1, -0.05) is 6.07 Å². The number of nitrogens with zero attached hydrogens (tertiary/aromatic N) is 2. The van der Waals surface area contributed by atoms with Crippen molar-refractivity contribution in [3.63, 3.8) is 0 Å². The summed E-state index contributed by atoms with van der Waals surface area (Å²) in [5.41, 5.74) is -0.0528. The first kappa shape index (κ1) is 20.4. The predicted octanol–water partition coefficient (Wildman–Crippen LogP) is 2.78. The maximum absolute atomic E-state index is 12.7. The van der Waals surface area contributed by atoms with Gasteiger partial charge in [-0.05, 0) is 59.4 Å². The van der Waals surface area contributed by atoms with E-state index in [1.165, 1.54) is 0 Å². The van der Waals surface area contributed by atoms with Crippen molar-refractivity contribution in [2.45, 2.75) is 52.7 Å². The first-order valence-electron chi connectivity index (χ1n) is 9.81. The second kappa shape index (κ2) is 7.26. The second-order valence-corrected chi connectivity index (χ2v) is 9.53. The summed E-state index contributed by atoms with van der Waals surface area (Å²) in [5.74, 6) is 1.03. The van der Waals surface area contributed by atoms with Crippen LogP contribution in [0.5, 0.6) is 5.88 Å². The fourth-order valence-corrected chi connectivity index (χ4v) is 3.71. The van der Waals surface area contributed by atoms with Gasteiger partial charge < -0.3 is 19.7 Å². The molecule has 0 spiro atoms. The normalized spacial score (nSPS) is 23.8. The quantitative estimate of drug-likeness (QED) is 0.838. The van der Waals surface area contributed by atoms with Crippen LogP contribution in [0.2, 0.25) is 0 Å². The molecule has 7 heteroatoms. The first-order chi connectivity index (χ1) is 13.0. The van der Waals surface area contributed by atoms with Crippen LogP contribution in [-0.2, 0) is 9.53 Å². The van der Waals surface area contributed by atoms with Crippen molar-refractivity contribution in [1.82, 2.24) is 15.2 Å². The molecule has 1 N–H and O–H groups in total. The van der Waals surface area contributed by atoms with Gasteiger partial charge in [-0.3, -0.25) is 4.79 Å². The van der Waals surface area contributed by atoms with Crippen molar-refractivity contribution in [2.24, 2.45) is 17.8 Å². The zero-order valence-corrected chi connectivity index (χ0v) is 17.6. The van der Waals surface area contributed by atoms with Gasteiger partial charge in [0.2, 0.25) is 11.8 Å². The molecule has 1 saturated heterocycles. The average Bonchev–Trinajstić information content (AvgIpc) is 3.07. The number of ether oxygens (including phenoxy) is 2. The van der Waals surface area contributed by atoms with Crippen molar-refractivity contribution in [1.29, 1.82) is 0 Å². The van der Waals surface area contributed by atoms with E-state index in [4.69, 9.17) is 9.47 Å². The van der Waals surface area contributed by atoms with Gasteiger partial charge in [-0.25, -0.2) is 9.78 Å². The third-order valence-corrected chi connectivity index (χ3v) is 5.14. The minimum atomic E-state index is -0.511. The molecule has 2 heterocycles. The van der Waals surface area contributed by atoms with E-state index in [1.54, 1.807) is 11.1 Å². The van der Waals surface area contributed by atoms with Crippen molar-refractivity contribution in [3.8, 4) is 5.88 Å². The molecule has 2 aliphatic rings. The van der Waals surface area contributed by atoms with E-state index < -0.39 is 11.1 Å². The van der Waals surface area contributed by atoms with Gasteiger partial charge in [0.25, 0.3) is 0 Å². The molecule has 1 aromatic heterocycles. The number of aryl methyl sites for hydroxylation is 1. The van der Waals surface area contributed by atoms with Gasteiger partial charge in [0, 0.05) is 30.8 Å². The molecule has 1 aliphatic heterocycles. The summed E-state index contributed by atoms with van der Waals surface area (Å²) in [6.07, 6.45) is 1.40. The van der Waals surface area contributed by atoms with Crippen LogP contribution in [0.25, 0.3) is 0 Å². The van der Waals surface area contributed by atoms with E-state index >= 15 is 0 Å². The molecule has 3 rings (SSSR count). The molecule has 2 fully saturated rings. The summed E-state index contributed by atoms with van der Waals surface area (Å²) in [6, 6.07) is 3.80. The molecule has 2 atom stereocenters. The average molecular weight is 389 g/mol. The summed E-state index contributed by atoms with van der Waals surface area (Å²) < 4.78 is 11.2. The highest BCUT2D eigenvalue weighted by molar-refractivity contribution is 5.84. The van der Waals surface area contributed by atoms with E-state index in [1.807, 2.05) is 53.7 Å². The fourth-order valence-electron chi connectivity index (χ4n) is 3.71. The van der Waals surface area contributed by atoms with Crippen LogP contribution in [0.3, 0.4) is 0 Å². The summed E-state index contributed by atoms with van der Waals surface area (Å²) in [5, 5.41) is 3.09. The third kappa shape index (κ3) is 4.75. The summed E-state index contributed by atoms with van der Waals surface area (Å²) in [6.45, 7) is 12.9. The molecular formula is C21H31N3O4. The van der Waals surface area contributed by atoms with Crippen LogP contribution in [-0.4, -0.2) is 52.7 Å². The molecule has 0 radical (unpaired) electrons. The lowest BCUT2D eigenvalue weighted by Crippen LogP contribution is -2.49. The number of carbonyl (C=O) groups excluding carboxylic acids is 2. The Morgan fingerprint density at radius 3 is 2.43 bits per heavy atom. The lowest BCUT2D eigenvalue weighted by atomic mass is 10.1. The lowest BCUT2D eigenvalue weighted by Gasteiger charge is -2.28. The predicted molar refractivity (Wildman–Crippen MR) is 105 cm³/mol. The SMILES string of the molecule is Cc1cccnc1OCC(C)(C)NC(=O)C1C2CN(C(=O)OC(C)(C)C)CC21. The van der Waals surface area contributed by atoms with E-state index in [2.05, 4.69) is 10.3 Å². The molecule has 154 valence electrons. The monoisotopic (exact) mass is 389 g/mol. The Hall–Kier alpha value is -2.31. The van der Waals surface area contributed by atoms with Crippen molar-refractivity contribution >= 4 is 12.0 Å². The molecule has 0 bridgehead atoms. The summed E-state index contributed by atoms with van der Waals surface area (Å²) in [4.78, 5) is 30.8. The number of nitrogens with one attached hydrogen (secondary N) is 1. The highest BCUT2D eigenvalue weighted by atomic mass is 16.6. The number of likely N-dealkylation sites (tertiary alicyclic amines) is 1. The zero-order valence-electron chi connectivity index (χ0n) is 17.6. The van der Waals surface area contributed by atoms with Crippen LogP contribution in [0.4, 0.5) is 4.79 Å². The van der Waals surface area contributed by atoms with Gasteiger partial charge in [0.1, 0.15) is 12.2 Å². The van der Waals surface area contributed by atoms with Crippen LogP contribution < -0.4 is 10.1 Å². The molecule has 1 saturated carbocycles. The topological polar surface area (TPSA) is 80.8 Å². The minimum Gasteiger partial charge on any atom is -0.475 e. The fraction of sp³-hybridized carbons (Fsp3) is 0.667. The molecular weight excluding hydrogens is 358 g/mol. The Balaban J connectivity index is 1.46. The maximum atomic E-state index is 12.7. The van der Waals surface area contributed by atoms with Crippen LogP contribution in [0, 0.1) is 24.7 Å². The maximum Gasteiger partial charge on any atom is 0.410 e. The Kier molecular flexibility index (Phi) is 5.30. The lowest BCUT2D eigenvalue weighted by molar-refractivity contribution is -0.125. The minimum absolute atomic E-state index is 0.0326. The molecule has 2 amide bonds. The van der Waals surface area contributed by atoms with Gasteiger partial charge in [0.15, 0.2) is 0 Å². The highest BCUT2D eigenvalue weighted by Gasteiger charge is 2.61. The standard InChI is InChI=1S/C21H31N3O4/c1-13-8-7-9-22-18(13)27-12-21(5,6)23-17(25)16-14-10-24(11-15(14)16)19(26)28-20(2,3)4/h7-9,14-16H,10-12H2,1-6H3,(H,23,25). The van der Waals surface area contributed by atoms with Gasteiger partial charge in [0.05, 0.1) is 5.54 Å². The van der Waals surface area contributed by atoms with Crippen molar-refractivity contribution in [2.75, 3.05) is 19.7 Å². The van der Waals surface area contributed by atoms with Crippen LogP contribution in [0.15, 0.2) is 18.3 Å². The summed E-state index contributed by atoms with van der Waals surface area (Å²) >= 11 is 0. The van der Waals surface area contributed by atoms with E-state index in [9.17, 15) is 9.59 Å². The molecule has 28 heavy (non-hydrogen) atoms. The van der Waals surface area contributed by atoms with Gasteiger partial charge >= 0.3 is 6.09 Å². The number of piperidine rings is 1. The van der Waals surface area contributed by atoms with Crippen molar-refractivity contribution < 1.29 is 19.1 Å². The van der Waals surface area contributed by atoms with E-state index in [0.29, 0.717) is 25.6 Å². The Labute approximate surface area is 166 Å².